The molecular weight excluding hydrogens is 451 g/mol. The van der Waals surface area contributed by atoms with E-state index in [1.54, 1.807) is 43.5 Å². The van der Waals surface area contributed by atoms with Crippen molar-refractivity contribution in [3.05, 3.63) is 72.3 Å². The van der Waals surface area contributed by atoms with Crippen molar-refractivity contribution in [1.82, 2.24) is 0 Å². The monoisotopic (exact) mass is 472 g/mol. The van der Waals surface area contributed by atoms with Gasteiger partial charge in [0.25, 0.3) is 0 Å². The smallest absolute Gasteiger partial charge is 0.181 e. The van der Waals surface area contributed by atoms with Crippen LogP contribution in [0.25, 0.3) is 0 Å². The molecule has 0 spiro atoms. The Hall–Kier alpha value is -1.38. The Balaban J connectivity index is 1.89. The highest BCUT2D eigenvalue weighted by Crippen LogP contribution is 2.14. The third kappa shape index (κ3) is 6.45. The highest BCUT2D eigenvalue weighted by atomic mass is 127. The van der Waals surface area contributed by atoms with Crippen LogP contribution in [0.3, 0.4) is 0 Å². The first-order valence-electron chi connectivity index (χ1n) is 7.80. The van der Waals surface area contributed by atoms with Gasteiger partial charge >= 0.3 is 0 Å². The second-order valence-corrected chi connectivity index (χ2v) is 8.29. The number of hydrogen-bond acceptors (Lipinski definition) is 4. The maximum Gasteiger partial charge on any atom is 0.181 e. The molecular formula is C19H21IO4S. The summed E-state index contributed by atoms with van der Waals surface area (Å²) in [6.07, 6.45) is 3.35. The number of alkyl halides is 1. The van der Waals surface area contributed by atoms with Gasteiger partial charge in [-0.2, -0.15) is 0 Å². The van der Waals surface area contributed by atoms with Crippen molar-refractivity contribution in [3.8, 4) is 5.75 Å². The normalized spacial score (nSPS) is 13.0. The molecule has 2 aromatic carbocycles. The lowest BCUT2D eigenvalue weighted by molar-refractivity contribution is 0.0887. The van der Waals surface area contributed by atoms with Crippen molar-refractivity contribution in [2.75, 3.05) is 17.3 Å². The quantitative estimate of drug-likeness (QED) is 0.314. The van der Waals surface area contributed by atoms with E-state index in [0.29, 0.717) is 11.5 Å². The van der Waals surface area contributed by atoms with E-state index >= 15 is 0 Å². The zero-order valence-corrected chi connectivity index (χ0v) is 16.9. The topological polar surface area (TPSA) is 52.6 Å². The van der Waals surface area contributed by atoms with Crippen LogP contribution in [0.1, 0.15) is 5.56 Å². The van der Waals surface area contributed by atoms with Crippen molar-refractivity contribution in [3.63, 3.8) is 0 Å². The van der Waals surface area contributed by atoms with E-state index in [4.69, 9.17) is 9.47 Å². The number of ether oxygens (including phenoxy) is 2. The average molecular weight is 472 g/mol. The lowest BCUT2D eigenvalue weighted by Crippen LogP contribution is -2.12. The molecule has 2 rings (SSSR count). The van der Waals surface area contributed by atoms with Crippen LogP contribution in [0.15, 0.2) is 71.6 Å². The molecule has 0 saturated carbocycles. The molecule has 0 bridgehead atoms. The third-order valence-corrected chi connectivity index (χ3v) is 6.03. The van der Waals surface area contributed by atoms with Gasteiger partial charge in [0.1, 0.15) is 5.75 Å². The molecule has 0 aromatic heterocycles. The summed E-state index contributed by atoms with van der Waals surface area (Å²) in [5, 5.41) is 0. The molecule has 0 saturated heterocycles. The summed E-state index contributed by atoms with van der Waals surface area (Å²) in [7, 11) is -1.67. The van der Waals surface area contributed by atoms with E-state index < -0.39 is 9.84 Å². The summed E-state index contributed by atoms with van der Waals surface area (Å²) in [5.74, 6) is 0.774. The van der Waals surface area contributed by atoms with Crippen LogP contribution >= 0.6 is 22.6 Å². The van der Waals surface area contributed by atoms with Gasteiger partial charge in [-0.3, -0.25) is 0 Å². The fourth-order valence-corrected chi connectivity index (χ4v) is 3.81. The molecule has 6 heteroatoms. The Labute approximate surface area is 162 Å². The zero-order chi connectivity index (χ0) is 18.1. The lowest BCUT2D eigenvalue weighted by Gasteiger charge is -2.12. The molecule has 0 fully saturated rings. The first-order chi connectivity index (χ1) is 12.0. The molecule has 0 aliphatic carbocycles. The maximum atomic E-state index is 12.2. The molecule has 25 heavy (non-hydrogen) atoms. The van der Waals surface area contributed by atoms with Crippen molar-refractivity contribution in [1.29, 1.82) is 0 Å². The van der Waals surface area contributed by atoms with Gasteiger partial charge in [0.2, 0.25) is 0 Å². The van der Waals surface area contributed by atoms with E-state index in [1.807, 2.05) is 30.3 Å². The minimum absolute atomic E-state index is 0.0317. The Kier molecular flexibility index (Phi) is 7.92. The number of rotatable bonds is 9. The molecule has 0 N–H and O–H groups in total. The van der Waals surface area contributed by atoms with Crippen LogP contribution in [0.4, 0.5) is 0 Å². The van der Waals surface area contributed by atoms with Crippen molar-refractivity contribution in [2.45, 2.75) is 17.6 Å². The number of methoxy groups -OCH3 is 1. The van der Waals surface area contributed by atoms with Crippen molar-refractivity contribution < 1.29 is 17.9 Å². The second kappa shape index (κ2) is 9.94. The fourth-order valence-electron chi connectivity index (χ4n) is 2.13. The highest BCUT2D eigenvalue weighted by Gasteiger charge is 2.12. The highest BCUT2D eigenvalue weighted by molar-refractivity contribution is 14.1. The molecule has 2 aromatic rings. The standard InChI is InChI=1S/C19H21IO4S/c1-23-17-11-9-16(10-12-17)15-24-18(14-20)6-5-13-25(21,22)19-7-3-2-4-8-19/h2-12,18H,13-15H2,1H3/b6-5+. The Bertz CT molecular complexity index is 771. The lowest BCUT2D eigenvalue weighted by atomic mass is 10.2. The van der Waals surface area contributed by atoms with Crippen LogP contribution in [0.2, 0.25) is 0 Å². The van der Waals surface area contributed by atoms with Gasteiger partial charge in [0.05, 0.1) is 30.5 Å². The van der Waals surface area contributed by atoms with E-state index in [9.17, 15) is 8.42 Å². The average Bonchev–Trinajstić information content (AvgIpc) is 2.65. The number of benzene rings is 2. The summed E-state index contributed by atoms with van der Waals surface area (Å²) in [5.41, 5.74) is 1.04. The van der Waals surface area contributed by atoms with E-state index in [-0.39, 0.29) is 11.9 Å². The summed E-state index contributed by atoms with van der Waals surface area (Å²) in [6.45, 7) is 0.466. The second-order valence-electron chi connectivity index (χ2n) is 5.37. The molecule has 0 heterocycles. The Morgan fingerprint density at radius 1 is 1.08 bits per heavy atom. The number of sulfone groups is 1. The molecule has 0 aliphatic rings. The van der Waals surface area contributed by atoms with Crippen molar-refractivity contribution in [2.24, 2.45) is 0 Å². The molecule has 0 radical (unpaired) electrons. The third-order valence-electron chi connectivity index (χ3n) is 3.54. The number of hydrogen-bond donors (Lipinski definition) is 0. The SMILES string of the molecule is COc1ccc(COC(/C=C/CS(=O)(=O)c2ccccc2)CI)cc1. The van der Waals surface area contributed by atoms with Gasteiger partial charge in [-0.05, 0) is 29.8 Å². The van der Waals surface area contributed by atoms with Gasteiger partial charge in [-0.1, -0.05) is 65.1 Å². The largest absolute Gasteiger partial charge is 0.497 e. The van der Waals surface area contributed by atoms with Gasteiger partial charge in [0.15, 0.2) is 9.84 Å². The molecule has 1 atom stereocenters. The molecule has 1 unspecified atom stereocenters. The first-order valence-corrected chi connectivity index (χ1v) is 11.0. The van der Waals surface area contributed by atoms with Gasteiger partial charge in [-0.15, -0.1) is 0 Å². The minimum Gasteiger partial charge on any atom is -0.497 e. The minimum atomic E-state index is -3.30. The van der Waals surface area contributed by atoms with Crippen LogP contribution in [0, 0.1) is 0 Å². The Morgan fingerprint density at radius 2 is 1.76 bits per heavy atom. The zero-order valence-electron chi connectivity index (χ0n) is 14.0. The van der Waals surface area contributed by atoms with Crippen LogP contribution in [-0.4, -0.2) is 31.8 Å². The van der Waals surface area contributed by atoms with Gasteiger partial charge < -0.3 is 9.47 Å². The van der Waals surface area contributed by atoms with Crippen LogP contribution in [0.5, 0.6) is 5.75 Å². The molecule has 4 nitrogen and oxygen atoms in total. The van der Waals surface area contributed by atoms with Crippen molar-refractivity contribution >= 4 is 32.4 Å². The molecule has 0 aliphatic heterocycles. The molecule has 0 amide bonds. The van der Waals surface area contributed by atoms with E-state index in [2.05, 4.69) is 22.6 Å². The van der Waals surface area contributed by atoms with Gasteiger partial charge in [-0.25, -0.2) is 8.42 Å². The maximum absolute atomic E-state index is 12.2. The van der Waals surface area contributed by atoms with Crippen LogP contribution < -0.4 is 4.74 Å². The van der Waals surface area contributed by atoms with E-state index in [0.717, 1.165) is 15.7 Å². The summed E-state index contributed by atoms with van der Waals surface area (Å²) in [4.78, 5) is 0.338. The fraction of sp³-hybridized carbons (Fsp3) is 0.263. The predicted octanol–water partition coefficient (Wildman–Crippen LogP) is 4.05. The Morgan fingerprint density at radius 3 is 2.36 bits per heavy atom. The van der Waals surface area contributed by atoms with Gasteiger partial charge in [0, 0.05) is 4.43 Å². The molecule has 134 valence electrons. The predicted molar refractivity (Wildman–Crippen MR) is 108 cm³/mol. The number of halogens is 1. The van der Waals surface area contributed by atoms with E-state index in [1.165, 1.54) is 0 Å². The summed E-state index contributed by atoms with van der Waals surface area (Å²) >= 11 is 2.23. The van der Waals surface area contributed by atoms with Crippen LogP contribution in [-0.2, 0) is 21.2 Å². The summed E-state index contributed by atoms with van der Waals surface area (Å²) < 4.78 is 36.2. The summed E-state index contributed by atoms with van der Waals surface area (Å²) in [6, 6.07) is 16.1. The first kappa shape index (κ1) is 19.9.